The number of hydrogen-bond donors (Lipinski definition) is 1. The van der Waals surface area contributed by atoms with Crippen LogP contribution >= 0.6 is 0 Å². The van der Waals surface area contributed by atoms with Gasteiger partial charge >= 0.3 is 0 Å². The summed E-state index contributed by atoms with van der Waals surface area (Å²) in [5, 5.41) is 3.53. The second kappa shape index (κ2) is 5.24. The SMILES string of the molecule is CC1CCNC(CN(C)C2CCS(=O)(=O)C2)C1. The molecule has 17 heavy (non-hydrogen) atoms. The maximum Gasteiger partial charge on any atom is 0.151 e. The number of likely N-dealkylation sites (N-methyl/N-ethyl adjacent to an activating group) is 1. The second-order valence-electron chi connectivity index (χ2n) is 5.78. The molecule has 2 aliphatic heterocycles. The predicted octanol–water partition coefficient (Wildman–Crippen LogP) is 0.493. The molecule has 0 spiro atoms. The third kappa shape index (κ3) is 3.66. The third-order valence-electron chi connectivity index (χ3n) is 4.10. The first-order valence-corrected chi connectivity index (χ1v) is 8.42. The van der Waals surface area contributed by atoms with Crippen molar-refractivity contribution in [3.05, 3.63) is 0 Å². The van der Waals surface area contributed by atoms with Crippen LogP contribution in [0.3, 0.4) is 0 Å². The van der Waals surface area contributed by atoms with Crippen LogP contribution in [0.1, 0.15) is 26.2 Å². The Hall–Kier alpha value is -0.130. The lowest BCUT2D eigenvalue weighted by atomic mass is 9.94. The number of piperidine rings is 1. The molecule has 4 nitrogen and oxygen atoms in total. The summed E-state index contributed by atoms with van der Waals surface area (Å²) >= 11 is 0. The Bertz CT molecular complexity index is 356. The summed E-state index contributed by atoms with van der Waals surface area (Å²) < 4.78 is 22.9. The van der Waals surface area contributed by atoms with Gasteiger partial charge in [-0.25, -0.2) is 8.42 Å². The first-order chi connectivity index (χ1) is 7.96. The van der Waals surface area contributed by atoms with E-state index in [1.54, 1.807) is 0 Å². The summed E-state index contributed by atoms with van der Waals surface area (Å²) in [6.07, 6.45) is 3.28. The molecule has 2 fully saturated rings. The van der Waals surface area contributed by atoms with Crippen molar-refractivity contribution >= 4 is 9.84 Å². The first-order valence-electron chi connectivity index (χ1n) is 6.60. The zero-order valence-corrected chi connectivity index (χ0v) is 11.7. The minimum atomic E-state index is -2.75. The largest absolute Gasteiger partial charge is 0.313 e. The van der Waals surface area contributed by atoms with Crippen molar-refractivity contribution in [1.82, 2.24) is 10.2 Å². The van der Waals surface area contributed by atoms with Crippen LogP contribution in [0, 0.1) is 5.92 Å². The molecule has 0 aromatic rings. The molecule has 2 rings (SSSR count). The Morgan fingerprint density at radius 2 is 2.12 bits per heavy atom. The van der Waals surface area contributed by atoms with Gasteiger partial charge in [0.1, 0.15) is 0 Å². The first kappa shape index (κ1) is 13.3. The molecule has 3 atom stereocenters. The van der Waals surface area contributed by atoms with E-state index in [0.717, 1.165) is 25.4 Å². The van der Waals surface area contributed by atoms with Gasteiger partial charge in [0.2, 0.25) is 0 Å². The Kier molecular flexibility index (Phi) is 4.10. The molecular formula is C12H24N2O2S. The molecule has 2 saturated heterocycles. The van der Waals surface area contributed by atoms with Crippen LogP contribution in [0.15, 0.2) is 0 Å². The van der Waals surface area contributed by atoms with Crippen molar-refractivity contribution in [2.75, 3.05) is 31.6 Å². The van der Waals surface area contributed by atoms with Crippen molar-refractivity contribution in [3.8, 4) is 0 Å². The summed E-state index contributed by atoms with van der Waals surface area (Å²) in [6, 6.07) is 0.770. The van der Waals surface area contributed by atoms with Gasteiger partial charge in [-0.1, -0.05) is 6.92 Å². The fourth-order valence-corrected chi connectivity index (χ4v) is 4.78. The number of nitrogens with one attached hydrogen (secondary N) is 1. The lowest BCUT2D eigenvalue weighted by Crippen LogP contribution is -2.47. The highest BCUT2D eigenvalue weighted by molar-refractivity contribution is 7.91. The Morgan fingerprint density at radius 3 is 2.71 bits per heavy atom. The van der Waals surface area contributed by atoms with Gasteiger partial charge in [-0.15, -0.1) is 0 Å². The average molecular weight is 260 g/mol. The van der Waals surface area contributed by atoms with E-state index in [2.05, 4.69) is 24.2 Å². The van der Waals surface area contributed by atoms with Crippen LogP contribution in [-0.2, 0) is 9.84 Å². The molecule has 0 bridgehead atoms. The van der Waals surface area contributed by atoms with Crippen LogP contribution in [0.2, 0.25) is 0 Å². The standard InChI is InChI=1S/C12H24N2O2S/c1-10-3-5-13-11(7-10)8-14(2)12-4-6-17(15,16)9-12/h10-13H,3-9H2,1-2H3. The highest BCUT2D eigenvalue weighted by Gasteiger charge is 2.31. The fraction of sp³-hybridized carbons (Fsp3) is 1.00. The van der Waals surface area contributed by atoms with Crippen molar-refractivity contribution in [2.45, 2.75) is 38.3 Å². The quantitative estimate of drug-likeness (QED) is 0.802. The van der Waals surface area contributed by atoms with E-state index < -0.39 is 9.84 Å². The summed E-state index contributed by atoms with van der Waals surface area (Å²) in [4.78, 5) is 2.24. The van der Waals surface area contributed by atoms with Gasteiger partial charge in [0.05, 0.1) is 11.5 Å². The van der Waals surface area contributed by atoms with E-state index in [1.165, 1.54) is 12.8 Å². The van der Waals surface area contributed by atoms with E-state index in [0.29, 0.717) is 17.5 Å². The van der Waals surface area contributed by atoms with Gasteiger partial charge < -0.3 is 10.2 Å². The van der Waals surface area contributed by atoms with E-state index in [1.807, 2.05) is 0 Å². The van der Waals surface area contributed by atoms with E-state index >= 15 is 0 Å². The minimum Gasteiger partial charge on any atom is -0.313 e. The number of sulfone groups is 1. The molecule has 0 aliphatic carbocycles. The molecular weight excluding hydrogens is 236 g/mol. The van der Waals surface area contributed by atoms with Crippen LogP contribution in [0.25, 0.3) is 0 Å². The smallest absolute Gasteiger partial charge is 0.151 e. The van der Waals surface area contributed by atoms with Gasteiger partial charge in [0.15, 0.2) is 9.84 Å². The van der Waals surface area contributed by atoms with Gasteiger partial charge in [0.25, 0.3) is 0 Å². The third-order valence-corrected chi connectivity index (χ3v) is 5.85. The van der Waals surface area contributed by atoms with E-state index in [4.69, 9.17) is 0 Å². The van der Waals surface area contributed by atoms with Gasteiger partial charge in [0, 0.05) is 18.6 Å². The Balaban J connectivity index is 1.83. The highest BCUT2D eigenvalue weighted by atomic mass is 32.2. The molecule has 0 radical (unpaired) electrons. The normalized spacial score (nSPS) is 37.5. The zero-order valence-electron chi connectivity index (χ0n) is 10.9. The van der Waals surface area contributed by atoms with Crippen molar-refractivity contribution < 1.29 is 8.42 Å². The highest BCUT2D eigenvalue weighted by Crippen LogP contribution is 2.20. The summed E-state index contributed by atoms with van der Waals surface area (Å²) in [5.41, 5.74) is 0. The molecule has 0 amide bonds. The van der Waals surface area contributed by atoms with Crippen molar-refractivity contribution in [1.29, 1.82) is 0 Å². The lowest BCUT2D eigenvalue weighted by Gasteiger charge is -2.33. The maximum absolute atomic E-state index is 11.4. The topological polar surface area (TPSA) is 49.4 Å². The van der Waals surface area contributed by atoms with Crippen molar-refractivity contribution in [2.24, 2.45) is 5.92 Å². The molecule has 1 N–H and O–H groups in total. The Morgan fingerprint density at radius 1 is 1.35 bits per heavy atom. The monoisotopic (exact) mass is 260 g/mol. The molecule has 0 saturated carbocycles. The van der Waals surface area contributed by atoms with Crippen molar-refractivity contribution in [3.63, 3.8) is 0 Å². The van der Waals surface area contributed by atoms with Crippen LogP contribution in [0.5, 0.6) is 0 Å². The van der Waals surface area contributed by atoms with Gasteiger partial charge in [-0.2, -0.15) is 0 Å². The molecule has 3 unspecified atom stereocenters. The molecule has 2 aliphatic rings. The van der Waals surface area contributed by atoms with Crippen LogP contribution in [0.4, 0.5) is 0 Å². The average Bonchev–Trinajstić information content (AvgIpc) is 2.59. The molecule has 5 heteroatoms. The lowest BCUT2D eigenvalue weighted by molar-refractivity contribution is 0.199. The van der Waals surface area contributed by atoms with E-state index in [9.17, 15) is 8.42 Å². The second-order valence-corrected chi connectivity index (χ2v) is 8.01. The molecule has 0 aromatic carbocycles. The predicted molar refractivity (Wildman–Crippen MR) is 69.9 cm³/mol. The zero-order chi connectivity index (χ0) is 12.5. The van der Waals surface area contributed by atoms with Gasteiger partial charge in [-0.3, -0.25) is 0 Å². The fourth-order valence-electron chi connectivity index (χ4n) is 2.98. The maximum atomic E-state index is 11.4. The molecule has 100 valence electrons. The summed E-state index contributed by atoms with van der Waals surface area (Å²) in [6.45, 7) is 4.38. The minimum absolute atomic E-state index is 0.235. The summed E-state index contributed by atoms with van der Waals surface area (Å²) in [5.74, 6) is 1.52. The molecule has 2 heterocycles. The summed E-state index contributed by atoms with van der Waals surface area (Å²) in [7, 11) is -0.692. The number of rotatable bonds is 3. The molecule has 0 aromatic heterocycles. The van der Waals surface area contributed by atoms with Crippen LogP contribution in [-0.4, -0.2) is 57.0 Å². The Labute approximate surface area is 105 Å². The van der Waals surface area contributed by atoms with Crippen LogP contribution < -0.4 is 5.32 Å². The number of nitrogens with zero attached hydrogens (tertiary/aromatic N) is 1. The van der Waals surface area contributed by atoms with Gasteiger partial charge in [-0.05, 0) is 38.8 Å². The number of hydrogen-bond acceptors (Lipinski definition) is 4. The van der Waals surface area contributed by atoms with E-state index in [-0.39, 0.29) is 6.04 Å².